The molecule has 0 fully saturated rings. The van der Waals surface area contributed by atoms with Gasteiger partial charge in [-0.15, -0.1) is 0 Å². The lowest BCUT2D eigenvalue weighted by atomic mass is 10.5. The second kappa shape index (κ2) is 6.18. The smallest absolute Gasteiger partial charge is 0.304 e. The molecular formula is C13H23NO3Si. The summed E-state index contributed by atoms with van der Waals surface area (Å²) in [4.78, 5) is 15.8. The van der Waals surface area contributed by atoms with Gasteiger partial charge < -0.3 is 9.15 Å². The highest BCUT2D eigenvalue weighted by Gasteiger charge is 2.37. The fourth-order valence-electron chi connectivity index (χ4n) is 2.27. The second-order valence-corrected chi connectivity index (χ2v) is 9.64. The molecule has 0 aromatic carbocycles. The molecule has 0 amide bonds. The van der Waals surface area contributed by atoms with Gasteiger partial charge >= 0.3 is 5.95 Å². The summed E-state index contributed by atoms with van der Waals surface area (Å²) in [5, 5.41) is 0.932. The highest BCUT2D eigenvalue weighted by atomic mass is 28.3. The number of rotatable bonds is 7. The Morgan fingerprint density at radius 2 is 1.78 bits per heavy atom. The quantitative estimate of drug-likeness (QED) is 0.564. The molecular weight excluding hydrogens is 246 g/mol. The average molecular weight is 269 g/mol. The molecule has 0 unspecified atom stereocenters. The Morgan fingerprint density at radius 3 is 2.17 bits per heavy atom. The van der Waals surface area contributed by atoms with Crippen molar-refractivity contribution in [3.05, 3.63) is 5.89 Å². The third-order valence-electron chi connectivity index (χ3n) is 3.71. The summed E-state index contributed by atoms with van der Waals surface area (Å²) in [6, 6.07) is 3.26. The molecule has 1 heterocycles. The van der Waals surface area contributed by atoms with E-state index in [0.717, 1.165) is 23.4 Å². The maximum Gasteiger partial charge on any atom is 0.304 e. The van der Waals surface area contributed by atoms with Crippen LogP contribution in [-0.4, -0.2) is 25.4 Å². The van der Waals surface area contributed by atoms with E-state index in [9.17, 15) is 4.79 Å². The monoisotopic (exact) mass is 269 g/mol. The Labute approximate surface area is 110 Å². The molecule has 1 rings (SSSR count). The van der Waals surface area contributed by atoms with Crippen LogP contribution in [0.2, 0.25) is 18.1 Å². The Hall–Kier alpha value is -1.10. The highest BCUT2D eigenvalue weighted by molar-refractivity contribution is 6.91. The number of aromatic nitrogens is 1. The predicted molar refractivity (Wildman–Crippen MR) is 74.5 cm³/mol. The van der Waals surface area contributed by atoms with E-state index in [1.807, 2.05) is 6.92 Å². The molecule has 1 aromatic rings. The van der Waals surface area contributed by atoms with Crippen molar-refractivity contribution in [3.8, 4) is 5.95 Å². The first-order valence-electron chi connectivity index (χ1n) is 6.69. The molecule has 5 heteroatoms. The number of nitrogens with zero attached hydrogens (tertiary/aromatic N) is 1. The van der Waals surface area contributed by atoms with Gasteiger partial charge in [-0.25, -0.2) is 4.98 Å². The third-order valence-corrected chi connectivity index (χ3v) is 9.09. The van der Waals surface area contributed by atoms with E-state index >= 15 is 0 Å². The average Bonchev–Trinajstić information content (AvgIpc) is 2.78. The van der Waals surface area contributed by atoms with Gasteiger partial charge in [-0.1, -0.05) is 38.9 Å². The van der Waals surface area contributed by atoms with Gasteiger partial charge in [-0.2, -0.15) is 0 Å². The number of Topliss-reactive ketones (excluding diaryl/α,β-unsaturated/α-hetero) is 1. The van der Waals surface area contributed by atoms with E-state index in [1.165, 1.54) is 6.92 Å². The van der Waals surface area contributed by atoms with Crippen LogP contribution in [0.3, 0.4) is 0 Å². The van der Waals surface area contributed by atoms with Gasteiger partial charge in [0, 0.05) is 6.92 Å². The summed E-state index contributed by atoms with van der Waals surface area (Å²) in [7, 11) is -1.68. The van der Waals surface area contributed by atoms with Crippen LogP contribution in [-0.2, 0) is 0 Å². The minimum atomic E-state index is -1.68. The lowest BCUT2D eigenvalue weighted by Gasteiger charge is -2.25. The van der Waals surface area contributed by atoms with Crippen molar-refractivity contribution < 1.29 is 13.9 Å². The lowest BCUT2D eigenvalue weighted by molar-refractivity contribution is 0.0972. The van der Waals surface area contributed by atoms with Crippen LogP contribution in [0.5, 0.6) is 5.95 Å². The number of carbonyl (C=O) groups excluding carboxylic acids is 1. The van der Waals surface area contributed by atoms with Gasteiger partial charge in [0.2, 0.25) is 5.78 Å². The number of ketones is 1. The summed E-state index contributed by atoms with van der Waals surface area (Å²) in [6.07, 6.45) is 0. The zero-order valence-corrected chi connectivity index (χ0v) is 13.0. The summed E-state index contributed by atoms with van der Waals surface area (Å²) < 4.78 is 11.0. The van der Waals surface area contributed by atoms with Crippen LogP contribution in [0, 0.1) is 0 Å². The van der Waals surface area contributed by atoms with Crippen molar-refractivity contribution in [1.29, 1.82) is 0 Å². The SMILES string of the molecule is CCOc1oc(C(C)=O)nc1[Si](CC)(CC)CC. The number of hydrogen-bond donors (Lipinski definition) is 0. The second-order valence-electron chi connectivity index (χ2n) is 4.49. The maximum atomic E-state index is 11.4. The van der Waals surface area contributed by atoms with Crippen molar-refractivity contribution in [2.45, 2.75) is 52.8 Å². The van der Waals surface area contributed by atoms with E-state index in [4.69, 9.17) is 9.15 Å². The van der Waals surface area contributed by atoms with Gasteiger partial charge in [0.05, 0.1) is 6.61 Å². The van der Waals surface area contributed by atoms with Gasteiger partial charge in [-0.05, 0) is 6.92 Å². The maximum absolute atomic E-state index is 11.4. The molecule has 0 N–H and O–H groups in total. The van der Waals surface area contributed by atoms with Crippen LogP contribution in [0.4, 0.5) is 0 Å². The van der Waals surface area contributed by atoms with Gasteiger partial charge in [-0.3, -0.25) is 4.79 Å². The molecule has 0 bridgehead atoms. The van der Waals surface area contributed by atoms with Crippen LogP contribution in [0.15, 0.2) is 4.42 Å². The Balaban J connectivity index is 3.30. The first-order chi connectivity index (χ1) is 8.54. The molecule has 0 aliphatic heterocycles. The van der Waals surface area contributed by atoms with Crippen LogP contribution in [0.1, 0.15) is 45.3 Å². The molecule has 1 aromatic heterocycles. The van der Waals surface area contributed by atoms with E-state index in [1.54, 1.807) is 0 Å². The van der Waals surface area contributed by atoms with Crippen LogP contribution < -0.4 is 10.1 Å². The third kappa shape index (κ3) is 2.66. The summed E-state index contributed by atoms with van der Waals surface area (Å²) >= 11 is 0. The number of hydrogen-bond acceptors (Lipinski definition) is 4. The molecule has 0 atom stereocenters. The molecule has 0 radical (unpaired) electrons. The van der Waals surface area contributed by atoms with E-state index < -0.39 is 8.07 Å². The number of ether oxygens (including phenoxy) is 1. The zero-order chi connectivity index (χ0) is 13.8. The molecule has 102 valence electrons. The predicted octanol–water partition coefficient (Wildman–Crippen LogP) is 2.99. The van der Waals surface area contributed by atoms with Crippen molar-refractivity contribution >= 4 is 19.2 Å². The number of oxazole rings is 1. The molecule has 4 nitrogen and oxygen atoms in total. The molecule has 18 heavy (non-hydrogen) atoms. The van der Waals surface area contributed by atoms with Crippen molar-refractivity contribution in [3.63, 3.8) is 0 Å². The van der Waals surface area contributed by atoms with Gasteiger partial charge in [0.1, 0.15) is 13.4 Å². The van der Waals surface area contributed by atoms with E-state index in [2.05, 4.69) is 25.8 Å². The zero-order valence-electron chi connectivity index (χ0n) is 12.0. The fraction of sp³-hybridized carbons (Fsp3) is 0.692. The normalized spacial score (nSPS) is 11.6. The van der Waals surface area contributed by atoms with Crippen molar-refractivity contribution in [2.24, 2.45) is 0 Å². The fourth-order valence-corrected chi connectivity index (χ4v) is 5.67. The Morgan fingerprint density at radius 1 is 1.22 bits per heavy atom. The Kier molecular flexibility index (Phi) is 5.13. The van der Waals surface area contributed by atoms with Crippen molar-refractivity contribution in [1.82, 2.24) is 4.98 Å². The highest BCUT2D eigenvalue weighted by Crippen LogP contribution is 2.25. The first kappa shape index (κ1) is 15.0. The first-order valence-corrected chi connectivity index (χ1v) is 9.31. The topological polar surface area (TPSA) is 52.3 Å². The van der Waals surface area contributed by atoms with Crippen molar-refractivity contribution in [2.75, 3.05) is 6.61 Å². The molecule has 0 aliphatic carbocycles. The Bertz CT molecular complexity index is 402. The molecule has 0 spiro atoms. The summed E-state index contributed by atoms with van der Waals surface area (Å²) in [5.41, 5.74) is 0. The summed E-state index contributed by atoms with van der Waals surface area (Å²) in [5.74, 6) is 0.508. The van der Waals surface area contributed by atoms with Crippen LogP contribution in [0.25, 0.3) is 0 Å². The van der Waals surface area contributed by atoms with E-state index in [0.29, 0.717) is 12.6 Å². The lowest BCUT2D eigenvalue weighted by Crippen LogP contribution is -2.47. The summed E-state index contributed by atoms with van der Waals surface area (Å²) in [6.45, 7) is 10.5. The van der Waals surface area contributed by atoms with Gasteiger partial charge in [0.25, 0.3) is 5.89 Å². The minimum absolute atomic E-state index is 0.145. The largest absolute Gasteiger partial charge is 0.464 e. The van der Waals surface area contributed by atoms with Crippen LogP contribution >= 0.6 is 0 Å². The molecule has 0 saturated carbocycles. The minimum Gasteiger partial charge on any atom is -0.464 e. The standard InChI is InChI=1S/C13H23NO3Si/c1-6-16-13-12(14-11(17-13)10(5)15)18(7-2,8-3)9-4/h6-9H2,1-5H3. The van der Waals surface area contributed by atoms with E-state index in [-0.39, 0.29) is 11.7 Å². The number of carbonyl (C=O) groups is 1. The van der Waals surface area contributed by atoms with Gasteiger partial charge in [0.15, 0.2) is 0 Å². The molecule has 0 saturated heterocycles. The molecule has 0 aliphatic rings.